The van der Waals surface area contributed by atoms with Crippen molar-refractivity contribution in [2.45, 2.75) is 10.8 Å². The van der Waals surface area contributed by atoms with E-state index >= 15 is 0 Å². The number of nitriles is 1. The zero-order valence-corrected chi connectivity index (χ0v) is 17.4. The first-order valence-corrected chi connectivity index (χ1v) is 10.7. The highest BCUT2D eigenvalue weighted by Crippen LogP contribution is 2.36. The number of pyridine rings is 1. The van der Waals surface area contributed by atoms with Crippen molar-refractivity contribution < 1.29 is 4.39 Å². The summed E-state index contributed by atoms with van der Waals surface area (Å²) in [5.74, 6) is -0.0874. The van der Waals surface area contributed by atoms with Crippen LogP contribution in [0.2, 0.25) is 5.02 Å². The van der Waals surface area contributed by atoms with Crippen molar-refractivity contribution in [3.8, 4) is 28.5 Å². The summed E-state index contributed by atoms with van der Waals surface area (Å²) in [5.41, 5.74) is 4.31. The number of halogens is 2. The molecule has 0 atom stereocenters. The van der Waals surface area contributed by atoms with Crippen LogP contribution in [0, 0.1) is 17.1 Å². The van der Waals surface area contributed by atoms with Crippen LogP contribution >= 0.6 is 23.4 Å². The number of nitrogens with zero attached hydrogens (tertiary/aromatic N) is 2. The number of thioether (sulfide) groups is 1. The molecule has 0 radical (unpaired) electrons. The summed E-state index contributed by atoms with van der Waals surface area (Å²) < 4.78 is 14.2. The van der Waals surface area contributed by atoms with E-state index in [4.69, 9.17) is 16.6 Å². The van der Waals surface area contributed by atoms with Crippen LogP contribution < -0.4 is 0 Å². The van der Waals surface area contributed by atoms with Crippen LogP contribution in [0.15, 0.2) is 90.0 Å². The van der Waals surface area contributed by atoms with Gasteiger partial charge >= 0.3 is 0 Å². The van der Waals surface area contributed by atoms with E-state index in [9.17, 15) is 9.65 Å². The van der Waals surface area contributed by atoms with Crippen LogP contribution in [0.1, 0.15) is 11.1 Å². The fourth-order valence-corrected chi connectivity index (χ4v) is 4.49. The summed E-state index contributed by atoms with van der Waals surface area (Å²) in [4.78, 5) is 4.75. The van der Waals surface area contributed by atoms with Crippen molar-refractivity contribution in [3.05, 3.63) is 107 Å². The van der Waals surface area contributed by atoms with Gasteiger partial charge in [0.15, 0.2) is 0 Å². The molecule has 1 aromatic heterocycles. The Kier molecular flexibility index (Phi) is 6.13. The fraction of sp³-hybridized carbons (Fsp3) is 0.0400. The van der Waals surface area contributed by atoms with Gasteiger partial charge in [-0.2, -0.15) is 5.26 Å². The van der Waals surface area contributed by atoms with E-state index < -0.39 is 0 Å². The fourth-order valence-electron chi connectivity index (χ4n) is 3.15. The lowest BCUT2D eigenvalue weighted by Gasteiger charge is -2.13. The van der Waals surface area contributed by atoms with Crippen LogP contribution in [0.5, 0.6) is 0 Å². The van der Waals surface area contributed by atoms with Crippen molar-refractivity contribution in [2.24, 2.45) is 0 Å². The number of benzene rings is 3. The Morgan fingerprint density at radius 1 is 0.900 bits per heavy atom. The molecule has 146 valence electrons. The maximum Gasteiger partial charge on any atom is 0.128 e. The van der Waals surface area contributed by atoms with Crippen LogP contribution in [0.4, 0.5) is 4.39 Å². The van der Waals surface area contributed by atoms with Crippen molar-refractivity contribution in [1.29, 1.82) is 5.26 Å². The Labute approximate surface area is 184 Å². The lowest BCUT2D eigenvalue weighted by Crippen LogP contribution is -1.97. The van der Waals surface area contributed by atoms with Gasteiger partial charge in [-0.15, -0.1) is 11.8 Å². The molecule has 1 heterocycles. The topological polar surface area (TPSA) is 36.7 Å². The van der Waals surface area contributed by atoms with Gasteiger partial charge in [-0.05, 0) is 23.8 Å². The molecule has 0 saturated carbocycles. The van der Waals surface area contributed by atoms with Crippen molar-refractivity contribution in [2.75, 3.05) is 0 Å². The highest BCUT2D eigenvalue weighted by atomic mass is 35.5. The van der Waals surface area contributed by atoms with E-state index in [0.29, 0.717) is 21.2 Å². The summed E-state index contributed by atoms with van der Waals surface area (Å²) >= 11 is 7.50. The molecule has 0 unspecified atom stereocenters. The second-order valence-electron chi connectivity index (χ2n) is 6.57. The second kappa shape index (κ2) is 9.13. The van der Waals surface area contributed by atoms with Crippen molar-refractivity contribution in [1.82, 2.24) is 4.98 Å². The van der Waals surface area contributed by atoms with Crippen LogP contribution in [0.25, 0.3) is 22.4 Å². The zero-order chi connectivity index (χ0) is 20.9. The van der Waals surface area contributed by atoms with Gasteiger partial charge in [-0.3, -0.25) is 0 Å². The van der Waals surface area contributed by atoms with Crippen LogP contribution in [-0.2, 0) is 5.75 Å². The molecule has 0 N–H and O–H groups in total. The zero-order valence-electron chi connectivity index (χ0n) is 15.8. The Bertz CT molecular complexity index is 1200. The largest absolute Gasteiger partial charge is 0.240 e. The molecule has 3 aromatic carbocycles. The minimum atomic E-state index is -0.365. The molecule has 0 aliphatic heterocycles. The van der Waals surface area contributed by atoms with Gasteiger partial charge in [-0.1, -0.05) is 78.3 Å². The average Bonchev–Trinajstić information content (AvgIpc) is 2.79. The SMILES string of the molecule is N#Cc1c(-c2ccccc2)cc(-c2ccccc2)nc1SCc1c(F)cccc1Cl. The van der Waals surface area contributed by atoms with E-state index in [1.807, 2.05) is 66.7 Å². The van der Waals surface area contributed by atoms with E-state index in [-0.39, 0.29) is 11.6 Å². The lowest BCUT2D eigenvalue weighted by atomic mass is 9.99. The van der Waals surface area contributed by atoms with Gasteiger partial charge in [0, 0.05) is 27.5 Å². The van der Waals surface area contributed by atoms with Gasteiger partial charge in [0.2, 0.25) is 0 Å². The highest BCUT2D eigenvalue weighted by Gasteiger charge is 2.17. The minimum absolute atomic E-state index is 0.277. The summed E-state index contributed by atoms with van der Waals surface area (Å²) in [6.07, 6.45) is 0. The van der Waals surface area contributed by atoms with Crippen molar-refractivity contribution >= 4 is 23.4 Å². The van der Waals surface area contributed by atoms with Gasteiger partial charge in [0.1, 0.15) is 16.9 Å². The summed E-state index contributed by atoms with van der Waals surface area (Å²) in [7, 11) is 0. The number of rotatable bonds is 5. The molecule has 0 saturated heterocycles. The van der Waals surface area contributed by atoms with E-state index in [1.165, 1.54) is 17.8 Å². The predicted octanol–water partition coefficient (Wildman–Crippen LogP) is 7.37. The standard InChI is InChI=1S/C25H16ClFN2S/c26-22-12-7-13-23(27)21(22)16-30-25-20(15-28)19(17-8-3-1-4-9-17)14-24(29-25)18-10-5-2-6-11-18/h1-14H,16H2. The molecule has 5 heteroatoms. The molecule has 0 spiro atoms. The monoisotopic (exact) mass is 430 g/mol. The van der Waals surface area contributed by atoms with Gasteiger partial charge in [-0.25, -0.2) is 9.37 Å². The molecule has 0 amide bonds. The Balaban J connectivity index is 1.83. The minimum Gasteiger partial charge on any atom is -0.240 e. The second-order valence-corrected chi connectivity index (χ2v) is 7.94. The molecule has 0 aliphatic carbocycles. The van der Waals surface area contributed by atoms with Gasteiger partial charge in [0.25, 0.3) is 0 Å². The van der Waals surface area contributed by atoms with Gasteiger partial charge < -0.3 is 0 Å². The molecule has 0 fully saturated rings. The van der Waals surface area contributed by atoms with E-state index in [2.05, 4.69) is 6.07 Å². The van der Waals surface area contributed by atoms with Crippen molar-refractivity contribution in [3.63, 3.8) is 0 Å². The first-order chi connectivity index (χ1) is 14.7. The normalized spacial score (nSPS) is 10.6. The number of hydrogen-bond donors (Lipinski definition) is 0. The first kappa shape index (κ1) is 20.2. The van der Waals surface area contributed by atoms with Crippen LogP contribution in [0.3, 0.4) is 0 Å². The number of hydrogen-bond acceptors (Lipinski definition) is 3. The summed E-state index contributed by atoms with van der Waals surface area (Å²) in [6.45, 7) is 0. The maximum absolute atomic E-state index is 14.2. The van der Waals surface area contributed by atoms with E-state index in [1.54, 1.807) is 12.1 Å². The Morgan fingerprint density at radius 2 is 1.57 bits per heavy atom. The Hall–Kier alpha value is -3.13. The quantitative estimate of drug-likeness (QED) is 0.310. The lowest BCUT2D eigenvalue weighted by molar-refractivity contribution is 0.617. The van der Waals surface area contributed by atoms with Crippen LogP contribution in [-0.4, -0.2) is 4.98 Å². The highest BCUT2D eigenvalue weighted by molar-refractivity contribution is 7.98. The molecule has 4 aromatic rings. The third-order valence-electron chi connectivity index (χ3n) is 4.67. The third-order valence-corrected chi connectivity index (χ3v) is 6.02. The molecular formula is C25H16ClFN2S. The molecule has 0 bridgehead atoms. The van der Waals surface area contributed by atoms with E-state index in [0.717, 1.165) is 22.4 Å². The summed E-state index contributed by atoms with van der Waals surface area (Å²) in [6, 6.07) is 28.4. The average molecular weight is 431 g/mol. The smallest absolute Gasteiger partial charge is 0.128 e. The molecule has 30 heavy (non-hydrogen) atoms. The molecule has 2 nitrogen and oxygen atoms in total. The van der Waals surface area contributed by atoms with Gasteiger partial charge in [0.05, 0.1) is 11.3 Å². The number of aromatic nitrogens is 1. The molecule has 4 rings (SSSR count). The first-order valence-electron chi connectivity index (χ1n) is 9.29. The maximum atomic E-state index is 14.2. The summed E-state index contributed by atoms with van der Waals surface area (Å²) in [5, 5.41) is 10.8. The molecular weight excluding hydrogens is 415 g/mol. The molecule has 0 aliphatic rings. The third kappa shape index (κ3) is 4.23. The predicted molar refractivity (Wildman–Crippen MR) is 121 cm³/mol. The Morgan fingerprint density at radius 3 is 2.20 bits per heavy atom.